The van der Waals surface area contributed by atoms with Gasteiger partial charge in [0.15, 0.2) is 5.41 Å². The molecule has 0 aromatic heterocycles. The van der Waals surface area contributed by atoms with E-state index in [0.717, 1.165) is 5.75 Å². The average Bonchev–Trinajstić information content (AvgIpc) is 2.15. The van der Waals surface area contributed by atoms with E-state index in [4.69, 9.17) is 5.11 Å². The van der Waals surface area contributed by atoms with Crippen molar-refractivity contribution in [3.05, 3.63) is 12.3 Å². The fourth-order valence-corrected chi connectivity index (χ4v) is 2.83. The second-order valence-corrected chi connectivity index (χ2v) is 4.40. The summed E-state index contributed by atoms with van der Waals surface area (Å²) < 4.78 is 0. The third kappa shape index (κ3) is 0.877. The van der Waals surface area contributed by atoms with E-state index in [9.17, 15) is 9.59 Å². The summed E-state index contributed by atoms with van der Waals surface area (Å²) in [6, 6.07) is 0. The molecule has 0 unspecified atom stereocenters. The quantitative estimate of drug-likeness (QED) is 0.493. The van der Waals surface area contributed by atoms with E-state index in [2.05, 4.69) is 0 Å². The zero-order chi connectivity index (χ0) is 9.64. The first-order chi connectivity index (χ1) is 6.08. The van der Waals surface area contributed by atoms with E-state index in [0.29, 0.717) is 0 Å². The van der Waals surface area contributed by atoms with Crippen molar-refractivity contribution in [2.75, 3.05) is 5.75 Å². The van der Waals surface area contributed by atoms with Gasteiger partial charge in [-0.05, 0) is 6.92 Å². The monoisotopic (exact) mass is 199 g/mol. The highest BCUT2D eigenvalue weighted by Crippen LogP contribution is 2.47. The molecule has 0 radical (unpaired) electrons. The lowest BCUT2D eigenvalue weighted by Gasteiger charge is -2.51. The second kappa shape index (κ2) is 2.51. The van der Waals surface area contributed by atoms with Crippen LogP contribution in [0.15, 0.2) is 12.3 Å². The van der Waals surface area contributed by atoms with Crippen molar-refractivity contribution in [2.24, 2.45) is 5.41 Å². The molecule has 1 saturated heterocycles. The molecular formula is C8H9NO3S. The molecule has 0 aromatic rings. The number of carbonyl (C=O) groups excluding carboxylic acids is 1. The van der Waals surface area contributed by atoms with Crippen LogP contribution in [0, 0.1) is 5.41 Å². The van der Waals surface area contributed by atoms with Crippen LogP contribution in [0.4, 0.5) is 0 Å². The van der Waals surface area contributed by atoms with Gasteiger partial charge in [0.05, 0.1) is 0 Å². The molecule has 2 aliphatic rings. The lowest BCUT2D eigenvalue weighted by Crippen LogP contribution is -2.68. The highest BCUT2D eigenvalue weighted by molar-refractivity contribution is 8.00. The molecule has 2 aliphatic heterocycles. The summed E-state index contributed by atoms with van der Waals surface area (Å²) in [4.78, 5) is 23.8. The molecule has 2 rings (SSSR count). The van der Waals surface area contributed by atoms with Crippen molar-refractivity contribution in [3.63, 3.8) is 0 Å². The van der Waals surface area contributed by atoms with Crippen LogP contribution in [0.3, 0.4) is 0 Å². The Labute approximate surface area is 79.6 Å². The van der Waals surface area contributed by atoms with E-state index < -0.39 is 11.4 Å². The Balaban J connectivity index is 2.31. The maximum Gasteiger partial charge on any atom is 0.322 e. The number of amides is 1. The number of hydrogen-bond donors (Lipinski definition) is 1. The van der Waals surface area contributed by atoms with Crippen molar-refractivity contribution in [1.82, 2.24) is 4.90 Å². The SMILES string of the molecule is C[C@@]1(C(=O)O)C(=O)N2C=CCS[C@H]21. The minimum atomic E-state index is -1.21. The first kappa shape index (κ1) is 8.62. The van der Waals surface area contributed by atoms with E-state index in [1.807, 2.05) is 6.08 Å². The molecule has 4 nitrogen and oxygen atoms in total. The van der Waals surface area contributed by atoms with Crippen LogP contribution in [0.1, 0.15) is 6.92 Å². The third-order valence-electron chi connectivity index (χ3n) is 2.49. The molecule has 0 aromatic carbocycles. The summed E-state index contributed by atoms with van der Waals surface area (Å²) in [6.07, 6.45) is 3.54. The Morgan fingerprint density at radius 1 is 1.85 bits per heavy atom. The minimum Gasteiger partial charge on any atom is -0.480 e. The van der Waals surface area contributed by atoms with Crippen molar-refractivity contribution in [3.8, 4) is 0 Å². The van der Waals surface area contributed by atoms with Gasteiger partial charge >= 0.3 is 5.97 Å². The van der Waals surface area contributed by atoms with Crippen LogP contribution in [-0.2, 0) is 9.59 Å². The van der Waals surface area contributed by atoms with Gasteiger partial charge in [-0.3, -0.25) is 9.59 Å². The normalized spacial score (nSPS) is 36.8. The number of rotatable bonds is 1. The van der Waals surface area contributed by atoms with Gasteiger partial charge in [-0.15, -0.1) is 11.8 Å². The summed E-state index contributed by atoms with van der Waals surface area (Å²) in [5.41, 5.74) is -1.21. The number of fused-ring (bicyclic) bond motifs is 1. The van der Waals surface area contributed by atoms with Gasteiger partial charge in [-0.2, -0.15) is 0 Å². The molecule has 0 bridgehead atoms. The summed E-state index contributed by atoms with van der Waals surface area (Å²) >= 11 is 1.49. The van der Waals surface area contributed by atoms with Gasteiger partial charge in [0, 0.05) is 12.0 Å². The summed E-state index contributed by atoms with van der Waals surface area (Å²) in [5, 5.41) is 8.70. The van der Waals surface area contributed by atoms with Gasteiger partial charge in [-0.25, -0.2) is 0 Å². The predicted octanol–water partition coefficient (Wildman–Crippen LogP) is 0.506. The zero-order valence-corrected chi connectivity index (χ0v) is 7.87. The number of aliphatic carboxylic acids is 1. The van der Waals surface area contributed by atoms with Crippen LogP contribution in [0.2, 0.25) is 0 Å². The Morgan fingerprint density at radius 2 is 2.54 bits per heavy atom. The molecule has 0 aliphatic carbocycles. The van der Waals surface area contributed by atoms with Crippen LogP contribution < -0.4 is 0 Å². The Hall–Kier alpha value is -0.970. The van der Waals surface area contributed by atoms with Crippen LogP contribution >= 0.6 is 11.8 Å². The van der Waals surface area contributed by atoms with Gasteiger partial charge in [0.2, 0.25) is 5.91 Å². The first-order valence-electron chi connectivity index (χ1n) is 3.93. The highest BCUT2D eigenvalue weighted by atomic mass is 32.2. The number of thioether (sulfide) groups is 1. The number of carboxylic acids is 1. The Morgan fingerprint density at radius 3 is 3.15 bits per heavy atom. The number of carbonyl (C=O) groups is 2. The molecule has 0 spiro atoms. The van der Waals surface area contributed by atoms with Crippen molar-refractivity contribution < 1.29 is 14.7 Å². The number of carboxylic acid groups (broad SMARTS) is 1. The lowest BCUT2D eigenvalue weighted by atomic mass is 9.80. The molecule has 0 saturated carbocycles. The molecule has 2 heterocycles. The summed E-state index contributed by atoms with van der Waals surface area (Å²) in [5.74, 6) is -0.563. The molecule has 13 heavy (non-hydrogen) atoms. The van der Waals surface area contributed by atoms with E-state index in [1.165, 1.54) is 23.6 Å². The lowest BCUT2D eigenvalue weighted by molar-refractivity contribution is -0.173. The van der Waals surface area contributed by atoms with Crippen molar-refractivity contribution >= 4 is 23.6 Å². The number of hydrogen-bond acceptors (Lipinski definition) is 3. The van der Waals surface area contributed by atoms with Gasteiger partial charge in [0.1, 0.15) is 5.37 Å². The van der Waals surface area contributed by atoms with Gasteiger partial charge in [0.25, 0.3) is 0 Å². The van der Waals surface area contributed by atoms with Crippen molar-refractivity contribution in [1.29, 1.82) is 0 Å². The van der Waals surface area contributed by atoms with E-state index in [1.54, 1.807) is 6.20 Å². The molecule has 2 atom stereocenters. The third-order valence-corrected chi connectivity index (χ3v) is 3.89. The number of β-lactam (4-membered cyclic amide) rings is 1. The zero-order valence-electron chi connectivity index (χ0n) is 7.06. The van der Waals surface area contributed by atoms with Crippen LogP contribution in [-0.4, -0.2) is 33.0 Å². The molecule has 1 amide bonds. The van der Waals surface area contributed by atoms with Crippen LogP contribution in [0.25, 0.3) is 0 Å². The number of nitrogens with zero attached hydrogens (tertiary/aromatic N) is 1. The fourth-order valence-electron chi connectivity index (χ4n) is 1.59. The smallest absolute Gasteiger partial charge is 0.322 e. The minimum absolute atomic E-state index is 0.220. The molecule has 70 valence electrons. The first-order valence-corrected chi connectivity index (χ1v) is 4.98. The van der Waals surface area contributed by atoms with E-state index in [-0.39, 0.29) is 11.3 Å². The second-order valence-electron chi connectivity index (χ2n) is 3.29. The standard InChI is InChI=1S/C8H9NO3S/c1-8(7(11)12)5(10)9-3-2-4-13-6(8)9/h2-3,6H,4H2,1H3,(H,11,12)/t6-,8+/m0/s1. The average molecular weight is 199 g/mol. The van der Waals surface area contributed by atoms with Gasteiger partial charge in [-0.1, -0.05) is 6.08 Å². The summed E-state index contributed by atoms with van der Waals surface area (Å²) in [7, 11) is 0. The van der Waals surface area contributed by atoms with Gasteiger partial charge < -0.3 is 10.0 Å². The molecule has 1 fully saturated rings. The van der Waals surface area contributed by atoms with Crippen molar-refractivity contribution in [2.45, 2.75) is 12.3 Å². The maximum atomic E-state index is 11.4. The maximum absolute atomic E-state index is 11.4. The molecular weight excluding hydrogens is 190 g/mol. The van der Waals surface area contributed by atoms with Crippen LogP contribution in [0.5, 0.6) is 0 Å². The molecule has 1 N–H and O–H groups in total. The topological polar surface area (TPSA) is 57.6 Å². The van der Waals surface area contributed by atoms with E-state index >= 15 is 0 Å². The Bertz CT molecular complexity index is 315. The largest absolute Gasteiger partial charge is 0.480 e. The molecule has 5 heteroatoms. The fraction of sp³-hybridized carbons (Fsp3) is 0.500. The Kier molecular flexibility index (Phi) is 1.66. The highest BCUT2D eigenvalue weighted by Gasteiger charge is 2.63. The predicted molar refractivity (Wildman–Crippen MR) is 48.0 cm³/mol. The summed E-state index contributed by atoms with van der Waals surface area (Å²) in [6.45, 7) is 1.49.